The molecule has 0 aliphatic heterocycles. The quantitative estimate of drug-likeness (QED) is 0.753. The summed E-state index contributed by atoms with van der Waals surface area (Å²) in [6.07, 6.45) is 3.99. The second kappa shape index (κ2) is 4.55. The van der Waals surface area contributed by atoms with Crippen molar-refractivity contribution in [2.24, 2.45) is 5.92 Å². The van der Waals surface area contributed by atoms with E-state index in [1.807, 2.05) is 12.1 Å². The molecule has 0 saturated heterocycles. The van der Waals surface area contributed by atoms with Crippen LogP contribution in [0.2, 0.25) is 0 Å². The zero-order valence-electron chi connectivity index (χ0n) is 9.35. The van der Waals surface area contributed by atoms with E-state index in [0.29, 0.717) is 12.5 Å². The Kier molecular flexibility index (Phi) is 3.30. The van der Waals surface area contributed by atoms with Crippen LogP contribution in [0.15, 0.2) is 24.3 Å². The highest BCUT2D eigenvalue weighted by Crippen LogP contribution is 2.28. The van der Waals surface area contributed by atoms with Crippen LogP contribution < -0.4 is 0 Å². The third-order valence-electron chi connectivity index (χ3n) is 2.96. The van der Waals surface area contributed by atoms with Gasteiger partial charge in [0.1, 0.15) is 0 Å². The predicted molar refractivity (Wildman–Crippen MR) is 62.8 cm³/mol. The van der Waals surface area contributed by atoms with E-state index in [9.17, 15) is 8.42 Å². The molecule has 4 heteroatoms. The van der Waals surface area contributed by atoms with E-state index >= 15 is 0 Å². The average molecular weight is 240 g/mol. The first-order valence-corrected chi connectivity index (χ1v) is 7.27. The molecule has 1 aliphatic carbocycles. The highest BCUT2D eigenvalue weighted by Gasteiger charge is 2.20. The summed E-state index contributed by atoms with van der Waals surface area (Å²) in [5.74, 6) is 0.527. The topological polar surface area (TPSA) is 43.4 Å². The van der Waals surface area contributed by atoms with Crippen molar-refractivity contribution in [1.29, 1.82) is 0 Å². The fourth-order valence-electron chi connectivity index (χ4n) is 2.22. The van der Waals surface area contributed by atoms with E-state index in [1.54, 1.807) is 0 Å². The van der Waals surface area contributed by atoms with Gasteiger partial charge in [-0.25, -0.2) is 0 Å². The molecule has 1 aromatic carbocycles. The molecule has 16 heavy (non-hydrogen) atoms. The fourth-order valence-corrected chi connectivity index (χ4v) is 2.62. The molecular weight excluding hydrogens is 224 g/mol. The van der Waals surface area contributed by atoms with E-state index in [2.05, 4.69) is 12.1 Å². The molecule has 0 saturated carbocycles. The lowest BCUT2D eigenvalue weighted by Gasteiger charge is -2.07. The normalized spacial score (nSPS) is 16.3. The van der Waals surface area contributed by atoms with Gasteiger partial charge in [-0.1, -0.05) is 24.3 Å². The van der Waals surface area contributed by atoms with Crippen molar-refractivity contribution in [3.63, 3.8) is 0 Å². The molecule has 0 heterocycles. The van der Waals surface area contributed by atoms with Crippen LogP contribution in [0.25, 0.3) is 0 Å². The fraction of sp³-hybridized carbons (Fsp3) is 0.500. The third kappa shape index (κ3) is 3.06. The summed E-state index contributed by atoms with van der Waals surface area (Å²) in [6.45, 7) is 0.303. The summed E-state index contributed by atoms with van der Waals surface area (Å²) in [7, 11) is -3.28. The van der Waals surface area contributed by atoms with Gasteiger partial charge in [0, 0.05) is 0 Å². The molecule has 0 aromatic heterocycles. The summed E-state index contributed by atoms with van der Waals surface area (Å²) in [6, 6.07) is 8.39. The molecule has 0 N–H and O–H groups in total. The van der Waals surface area contributed by atoms with Gasteiger partial charge in [0.15, 0.2) is 0 Å². The van der Waals surface area contributed by atoms with Crippen molar-refractivity contribution >= 4 is 10.1 Å². The Labute approximate surface area is 96.6 Å². The third-order valence-corrected chi connectivity index (χ3v) is 3.55. The Morgan fingerprint density at radius 3 is 2.31 bits per heavy atom. The van der Waals surface area contributed by atoms with E-state index in [1.165, 1.54) is 11.1 Å². The van der Waals surface area contributed by atoms with Crippen LogP contribution >= 0.6 is 0 Å². The first-order chi connectivity index (χ1) is 7.54. The van der Waals surface area contributed by atoms with Gasteiger partial charge in [-0.2, -0.15) is 8.42 Å². The molecule has 0 atom stereocenters. The highest BCUT2D eigenvalue weighted by molar-refractivity contribution is 7.85. The maximum absolute atomic E-state index is 10.8. The van der Waals surface area contributed by atoms with Crippen LogP contribution in [0.1, 0.15) is 17.5 Å². The van der Waals surface area contributed by atoms with Crippen LogP contribution in [-0.2, 0) is 27.1 Å². The average Bonchev–Trinajstić information content (AvgIpc) is 2.57. The lowest BCUT2D eigenvalue weighted by Crippen LogP contribution is -2.09. The van der Waals surface area contributed by atoms with Crippen molar-refractivity contribution in [3.8, 4) is 0 Å². The zero-order valence-corrected chi connectivity index (χ0v) is 10.2. The monoisotopic (exact) mass is 240 g/mol. The van der Waals surface area contributed by atoms with Gasteiger partial charge in [0.2, 0.25) is 0 Å². The van der Waals surface area contributed by atoms with Crippen molar-refractivity contribution in [1.82, 2.24) is 0 Å². The summed E-state index contributed by atoms with van der Waals surface area (Å²) in [5, 5.41) is 0. The molecule has 0 spiro atoms. The Morgan fingerprint density at radius 1 is 1.25 bits per heavy atom. The maximum Gasteiger partial charge on any atom is 0.264 e. The van der Waals surface area contributed by atoms with Gasteiger partial charge in [-0.15, -0.1) is 0 Å². The van der Waals surface area contributed by atoms with E-state index in [0.717, 1.165) is 25.5 Å². The first kappa shape index (κ1) is 11.6. The minimum atomic E-state index is -3.28. The molecule has 0 bridgehead atoms. The Morgan fingerprint density at radius 2 is 1.81 bits per heavy atom. The molecule has 1 aliphatic rings. The van der Waals surface area contributed by atoms with Crippen LogP contribution in [0.3, 0.4) is 0 Å². The summed E-state index contributed by atoms with van der Waals surface area (Å²) in [5.41, 5.74) is 2.79. The second-order valence-electron chi connectivity index (χ2n) is 4.36. The predicted octanol–water partition coefficient (Wildman–Crippen LogP) is 1.77. The van der Waals surface area contributed by atoms with Crippen molar-refractivity contribution in [2.45, 2.75) is 19.3 Å². The lowest BCUT2D eigenvalue weighted by atomic mass is 10.0. The molecule has 88 valence electrons. The van der Waals surface area contributed by atoms with Gasteiger partial charge >= 0.3 is 0 Å². The summed E-state index contributed by atoms with van der Waals surface area (Å²) in [4.78, 5) is 0. The van der Waals surface area contributed by atoms with E-state index < -0.39 is 10.1 Å². The highest BCUT2D eigenvalue weighted by atomic mass is 32.2. The molecule has 0 unspecified atom stereocenters. The molecule has 1 aromatic rings. The maximum atomic E-state index is 10.8. The van der Waals surface area contributed by atoms with Crippen LogP contribution in [0.4, 0.5) is 0 Å². The number of rotatable bonds is 4. The van der Waals surface area contributed by atoms with Crippen molar-refractivity contribution in [2.75, 3.05) is 12.9 Å². The molecule has 3 nitrogen and oxygen atoms in total. The number of fused-ring (bicyclic) bond motifs is 1. The zero-order chi connectivity index (χ0) is 11.6. The van der Waals surface area contributed by atoms with Gasteiger partial charge in [0.05, 0.1) is 12.9 Å². The molecule has 0 radical (unpaired) electrons. The SMILES string of the molecule is CS(=O)(=O)OCCC1Cc2ccccc2C1. The Hall–Kier alpha value is -0.870. The van der Waals surface area contributed by atoms with Gasteiger partial charge in [-0.3, -0.25) is 4.18 Å². The van der Waals surface area contributed by atoms with Crippen LogP contribution in [0, 0.1) is 5.92 Å². The minimum Gasteiger partial charge on any atom is -0.270 e. The number of hydrogen-bond donors (Lipinski definition) is 0. The summed E-state index contributed by atoms with van der Waals surface area (Å²) >= 11 is 0. The molecular formula is C12H16O3S. The first-order valence-electron chi connectivity index (χ1n) is 5.46. The van der Waals surface area contributed by atoms with Gasteiger partial charge < -0.3 is 0 Å². The smallest absolute Gasteiger partial charge is 0.264 e. The van der Waals surface area contributed by atoms with Crippen LogP contribution in [-0.4, -0.2) is 21.3 Å². The second-order valence-corrected chi connectivity index (χ2v) is 6.00. The lowest BCUT2D eigenvalue weighted by molar-refractivity contribution is 0.287. The Balaban J connectivity index is 1.84. The molecule has 0 fully saturated rings. The molecule has 0 amide bonds. The van der Waals surface area contributed by atoms with Gasteiger partial charge in [-0.05, 0) is 36.3 Å². The minimum absolute atomic E-state index is 0.303. The van der Waals surface area contributed by atoms with Crippen molar-refractivity contribution in [3.05, 3.63) is 35.4 Å². The van der Waals surface area contributed by atoms with E-state index in [-0.39, 0.29) is 0 Å². The number of hydrogen-bond acceptors (Lipinski definition) is 3. The summed E-state index contributed by atoms with van der Waals surface area (Å²) < 4.78 is 26.4. The Bertz CT molecular complexity index is 440. The van der Waals surface area contributed by atoms with Crippen molar-refractivity contribution < 1.29 is 12.6 Å². The number of benzene rings is 1. The van der Waals surface area contributed by atoms with E-state index in [4.69, 9.17) is 4.18 Å². The largest absolute Gasteiger partial charge is 0.270 e. The molecule has 2 rings (SSSR count). The van der Waals surface area contributed by atoms with Gasteiger partial charge in [0.25, 0.3) is 10.1 Å². The van der Waals surface area contributed by atoms with Crippen LogP contribution in [0.5, 0.6) is 0 Å². The standard InChI is InChI=1S/C12H16O3S/c1-16(13,14)15-7-6-10-8-11-4-2-3-5-12(11)9-10/h2-5,10H,6-9H2,1H3.